The van der Waals surface area contributed by atoms with Gasteiger partial charge >= 0.3 is 5.97 Å². The van der Waals surface area contributed by atoms with E-state index in [-0.39, 0.29) is 0 Å². The fraction of sp³-hybridized carbons (Fsp3) is 0.538. The Bertz CT molecular complexity index is 385. The maximum atomic E-state index is 11.9. The summed E-state index contributed by atoms with van der Waals surface area (Å²) >= 11 is 0. The smallest absolute Gasteiger partial charge is 0.314 e. The lowest BCUT2D eigenvalue weighted by Crippen LogP contribution is -2.46. The average Bonchev–Trinajstić information content (AvgIpc) is 2.30. The first-order valence-corrected chi connectivity index (χ1v) is 5.65. The minimum absolute atomic E-state index is 0.292. The Morgan fingerprint density at radius 2 is 2.06 bits per heavy atom. The standard InChI is InChI=1S/C13H19NO3/c1-5-17-11(15)12(2,3)13(4,16)10-8-6-7-9-14-10/h6-9,16H,5H2,1-4H3. The Morgan fingerprint density at radius 3 is 2.53 bits per heavy atom. The van der Waals surface area contributed by atoms with E-state index in [4.69, 9.17) is 4.74 Å². The molecule has 1 heterocycles. The van der Waals surface area contributed by atoms with Crippen molar-refractivity contribution in [3.8, 4) is 0 Å². The highest BCUT2D eigenvalue weighted by molar-refractivity contribution is 5.77. The van der Waals surface area contributed by atoms with E-state index in [1.54, 1.807) is 52.1 Å². The van der Waals surface area contributed by atoms with Crippen molar-refractivity contribution in [2.24, 2.45) is 5.41 Å². The molecule has 0 saturated carbocycles. The Hall–Kier alpha value is -1.42. The zero-order valence-corrected chi connectivity index (χ0v) is 10.7. The van der Waals surface area contributed by atoms with E-state index in [0.717, 1.165) is 0 Å². The summed E-state index contributed by atoms with van der Waals surface area (Å²) in [5, 5.41) is 10.5. The SMILES string of the molecule is CCOC(=O)C(C)(C)C(C)(O)c1ccccn1. The minimum Gasteiger partial charge on any atom is -0.465 e. The van der Waals surface area contributed by atoms with Crippen LogP contribution in [0.25, 0.3) is 0 Å². The van der Waals surface area contributed by atoms with Crippen molar-refractivity contribution in [1.29, 1.82) is 0 Å². The normalized spacial score (nSPS) is 15.1. The summed E-state index contributed by atoms with van der Waals surface area (Å²) in [7, 11) is 0. The van der Waals surface area contributed by atoms with Crippen LogP contribution < -0.4 is 0 Å². The average molecular weight is 237 g/mol. The highest BCUT2D eigenvalue weighted by Crippen LogP contribution is 2.39. The van der Waals surface area contributed by atoms with Crippen LogP contribution in [0.15, 0.2) is 24.4 Å². The summed E-state index contributed by atoms with van der Waals surface area (Å²) in [6, 6.07) is 5.23. The first kappa shape index (κ1) is 13.6. The van der Waals surface area contributed by atoms with Crippen LogP contribution in [-0.2, 0) is 15.1 Å². The van der Waals surface area contributed by atoms with Gasteiger partial charge in [-0.1, -0.05) is 6.07 Å². The maximum absolute atomic E-state index is 11.9. The summed E-state index contributed by atoms with van der Waals surface area (Å²) in [5.74, 6) is -0.435. The maximum Gasteiger partial charge on any atom is 0.314 e. The quantitative estimate of drug-likeness (QED) is 0.812. The van der Waals surface area contributed by atoms with Gasteiger partial charge in [-0.25, -0.2) is 0 Å². The molecule has 1 aromatic rings. The van der Waals surface area contributed by atoms with Crippen LogP contribution in [0.2, 0.25) is 0 Å². The molecule has 0 aliphatic carbocycles. The molecular weight excluding hydrogens is 218 g/mol. The number of carbonyl (C=O) groups excluding carboxylic acids is 1. The second kappa shape index (κ2) is 4.84. The Kier molecular flexibility index (Phi) is 3.88. The molecule has 0 bridgehead atoms. The van der Waals surface area contributed by atoms with Crippen LogP contribution in [0.1, 0.15) is 33.4 Å². The van der Waals surface area contributed by atoms with E-state index in [9.17, 15) is 9.90 Å². The van der Waals surface area contributed by atoms with Gasteiger partial charge in [0.15, 0.2) is 0 Å². The zero-order chi connectivity index (χ0) is 13.1. The first-order valence-electron chi connectivity index (χ1n) is 5.65. The van der Waals surface area contributed by atoms with E-state index in [2.05, 4.69) is 4.98 Å². The third-order valence-electron chi connectivity index (χ3n) is 3.17. The van der Waals surface area contributed by atoms with Crippen molar-refractivity contribution < 1.29 is 14.6 Å². The summed E-state index contributed by atoms with van der Waals surface area (Å²) in [5.41, 5.74) is -1.98. The molecule has 0 aromatic carbocycles. The third-order valence-corrected chi connectivity index (χ3v) is 3.17. The second-order valence-corrected chi connectivity index (χ2v) is 4.63. The molecule has 0 fully saturated rings. The number of nitrogens with zero attached hydrogens (tertiary/aromatic N) is 1. The van der Waals surface area contributed by atoms with Gasteiger partial charge in [0.2, 0.25) is 0 Å². The summed E-state index contributed by atoms with van der Waals surface area (Å²) in [4.78, 5) is 16.0. The predicted molar refractivity (Wildman–Crippen MR) is 64.2 cm³/mol. The lowest BCUT2D eigenvalue weighted by molar-refractivity contribution is -0.170. The fourth-order valence-electron chi connectivity index (χ4n) is 1.48. The molecule has 0 saturated heterocycles. The summed E-state index contributed by atoms with van der Waals surface area (Å²) in [6.07, 6.45) is 1.59. The van der Waals surface area contributed by atoms with Gasteiger partial charge in [0.25, 0.3) is 0 Å². The van der Waals surface area contributed by atoms with Crippen molar-refractivity contribution in [3.05, 3.63) is 30.1 Å². The second-order valence-electron chi connectivity index (χ2n) is 4.63. The third kappa shape index (κ3) is 2.47. The van der Waals surface area contributed by atoms with Crippen LogP contribution in [0, 0.1) is 5.41 Å². The van der Waals surface area contributed by atoms with Gasteiger partial charge in [0.1, 0.15) is 5.60 Å². The van der Waals surface area contributed by atoms with Crippen LogP contribution in [-0.4, -0.2) is 22.7 Å². The molecule has 1 rings (SSSR count). The molecule has 1 aromatic heterocycles. The Balaban J connectivity index is 3.08. The monoisotopic (exact) mass is 237 g/mol. The van der Waals surface area contributed by atoms with Crippen LogP contribution in [0.3, 0.4) is 0 Å². The number of hydrogen-bond donors (Lipinski definition) is 1. The van der Waals surface area contributed by atoms with Crippen molar-refractivity contribution >= 4 is 5.97 Å². The highest BCUT2D eigenvalue weighted by Gasteiger charge is 2.48. The van der Waals surface area contributed by atoms with Crippen LogP contribution >= 0.6 is 0 Å². The number of aromatic nitrogens is 1. The lowest BCUT2D eigenvalue weighted by atomic mass is 9.74. The summed E-state index contributed by atoms with van der Waals surface area (Å²) in [6.45, 7) is 6.91. The molecule has 0 amide bonds. The van der Waals surface area contributed by atoms with E-state index in [0.29, 0.717) is 12.3 Å². The lowest BCUT2D eigenvalue weighted by Gasteiger charge is -2.37. The minimum atomic E-state index is -1.37. The van der Waals surface area contributed by atoms with Crippen LogP contribution in [0.4, 0.5) is 0 Å². The van der Waals surface area contributed by atoms with E-state index in [1.807, 2.05) is 0 Å². The van der Waals surface area contributed by atoms with E-state index >= 15 is 0 Å². The molecule has 17 heavy (non-hydrogen) atoms. The first-order chi connectivity index (χ1) is 7.84. The number of aliphatic hydroxyl groups is 1. The molecule has 0 aliphatic heterocycles. The molecule has 0 spiro atoms. The molecule has 0 radical (unpaired) electrons. The van der Waals surface area contributed by atoms with Crippen molar-refractivity contribution in [3.63, 3.8) is 0 Å². The zero-order valence-electron chi connectivity index (χ0n) is 10.7. The largest absolute Gasteiger partial charge is 0.465 e. The number of hydrogen-bond acceptors (Lipinski definition) is 4. The summed E-state index contributed by atoms with van der Waals surface area (Å²) < 4.78 is 4.99. The molecule has 0 aliphatic rings. The van der Waals surface area contributed by atoms with Gasteiger partial charge in [-0.15, -0.1) is 0 Å². The molecule has 4 nitrogen and oxygen atoms in total. The van der Waals surface area contributed by atoms with Gasteiger partial charge in [0.05, 0.1) is 17.7 Å². The molecule has 1 unspecified atom stereocenters. The van der Waals surface area contributed by atoms with Gasteiger partial charge < -0.3 is 9.84 Å². The number of pyridine rings is 1. The molecule has 4 heteroatoms. The number of ether oxygens (including phenoxy) is 1. The van der Waals surface area contributed by atoms with Crippen molar-refractivity contribution in [2.75, 3.05) is 6.61 Å². The molecular formula is C13H19NO3. The van der Waals surface area contributed by atoms with E-state index in [1.165, 1.54) is 0 Å². The van der Waals surface area contributed by atoms with Crippen molar-refractivity contribution in [2.45, 2.75) is 33.3 Å². The Labute approximate surface area is 102 Å². The molecule has 94 valence electrons. The van der Waals surface area contributed by atoms with Gasteiger partial charge in [-0.2, -0.15) is 0 Å². The number of carbonyl (C=O) groups is 1. The van der Waals surface area contributed by atoms with E-state index < -0.39 is 17.0 Å². The fourth-order valence-corrected chi connectivity index (χ4v) is 1.48. The van der Waals surface area contributed by atoms with Crippen molar-refractivity contribution in [1.82, 2.24) is 4.98 Å². The predicted octanol–water partition coefficient (Wildman–Crippen LogP) is 1.88. The number of esters is 1. The van der Waals surface area contributed by atoms with Gasteiger partial charge in [-0.3, -0.25) is 9.78 Å². The number of rotatable bonds is 4. The Morgan fingerprint density at radius 1 is 1.41 bits per heavy atom. The van der Waals surface area contributed by atoms with Crippen LogP contribution in [0.5, 0.6) is 0 Å². The molecule has 1 atom stereocenters. The highest BCUT2D eigenvalue weighted by atomic mass is 16.5. The topological polar surface area (TPSA) is 59.4 Å². The van der Waals surface area contributed by atoms with Gasteiger partial charge in [0, 0.05) is 6.20 Å². The van der Waals surface area contributed by atoms with Gasteiger partial charge in [-0.05, 0) is 39.8 Å². The molecule has 1 N–H and O–H groups in total.